The fourth-order valence-electron chi connectivity index (χ4n) is 3.86. The Balaban J connectivity index is 1.40. The molecule has 10 heteroatoms. The maximum Gasteiger partial charge on any atom is 0.416 e. The van der Waals surface area contributed by atoms with Gasteiger partial charge in [0, 0.05) is 51.0 Å². The highest BCUT2D eigenvalue weighted by molar-refractivity contribution is 5.99. The van der Waals surface area contributed by atoms with Crippen LogP contribution in [0, 0.1) is 0 Å². The van der Waals surface area contributed by atoms with Gasteiger partial charge in [-0.05, 0) is 36.4 Å². The van der Waals surface area contributed by atoms with Crippen LogP contribution in [0.4, 0.5) is 19.0 Å². The van der Waals surface area contributed by atoms with E-state index in [-0.39, 0.29) is 17.4 Å². The number of halogens is 3. The molecule has 0 atom stereocenters. The van der Waals surface area contributed by atoms with Gasteiger partial charge in [-0.2, -0.15) is 13.2 Å². The van der Waals surface area contributed by atoms with Gasteiger partial charge in [-0.15, -0.1) is 0 Å². The van der Waals surface area contributed by atoms with Gasteiger partial charge in [-0.1, -0.05) is 0 Å². The highest BCUT2D eigenvalue weighted by atomic mass is 19.4. The Morgan fingerprint density at radius 1 is 0.844 bits per heavy atom. The van der Waals surface area contributed by atoms with Crippen LogP contribution < -0.4 is 4.90 Å². The zero-order valence-corrected chi connectivity index (χ0v) is 17.3. The normalized spacial score (nSPS) is 17.4. The van der Waals surface area contributed by atoms with Gasteiger partial charge in [0.25, 0.3) is 11.8 Å². The third-order valence-corrected chi connectivity index (χ3v) is 5.64. The average molecular weight is 448 g/mol. The second-order valence-corrected chi connectivity index (χ2v) is 7.63. The number of aromatic nitrogens is 1. The van der Waals surface area contributed by atoms with Gasteiger partial charge >= 0.3 is 6.18 Å². The molecule has 170 valence electrons. The lowest BCUT2D eigenvalue weighted by Crippen LogP contribution is -2.51. The fraction of sp³-hybridized carbons (Fsp3) is 0.409. The van der Waals surface area contributed by atoms with Crippen molar-refractivity contribution in [2.45, 2.75) is 6.18 Å². The standard InChI is InChI=1S/C22H23F3N4O3/c23-22(24,25)17-5-3-16(4-6-17)20(30)28-8-10-29(11-9-28)21(31)18-2-1-7-26-19(18)27-12-14-32-15-13-27/h1-7H,8-15H2. The van der Waals surface area contributed by atoms with E-state index in [2.05, 4.69) is 4.98 Å². The molecular weight excluding hydrogens is 425 g/mol. The minimum absolute atomic E-state index is 0.152. The summed E-state index contributed by atoms with van der Waals surface area (Å²) >= 11 is 0. The number of hydrogen-bond donors (Lipinski definition) is 0. The van der Waals surface area contributed by atoms with Crippen LogP contribution in [0.1, 0.15) is 26.3 Å². The topological polar surface area (TPSA) is 66.0 Å². The molecule has 0 N–H and O–H groups in total. The molecule has 0 aliphatic carbocycles. The lowest BCUT2D eigenvalue weighted by molar-refractivity contribution is -0.137. The predicted molar refractivity (Wildman–Crippen MR) is 111 cm³/mol. The van der Waals surface area contributed by atoms with Gasteiger partial charge in [0.05, 0.1) is 24.3 Å². The van der Waals surface area contributed by atoms with Crippen molar-refractivity contribution in [2.75, 3.05) is 57.4 Å². The van der Waals surface area contributed by atoms with Crippen LogP contribution in [-0.2, 0) is 10.9 Å². The number of benzene rings is 1. The summed E-state index contributed by atoms with van der Waals surface area (Å²) in [7, 11) is 0. The summed E-state index contributed by atoms with van der Waals surface area (Å²) in [4.78, 5) is 35.5. The number of carbonyl (C=O) groups excluding carboxylic acids is 2. The maximum atomic E-state index is 13.2. The molecule has 1 aromatic heterocycles. The summed E-state index contributed by atoms with van der Waals surface area (Å²) in [6.45, 7) is 3.76. The summed E-state index contributed by atoms with van der Waals surface area (Å²) in [6, 6.07) is 7.66. The first-order valence-electron chi connectivity index (χ1n) is 10.4. The molecule has 4 rings (SSSR count). The lowest BCUT2D eigenvalue weighted by Gasteiger charge is -2.36. The Bertz CT molecular complexity index is 967. The molecule has 0 bridgehead atoms. The number of piperazine rings is 1. The number of hydrogen-bond acceptors (Lipinski definition) is 5. The fourth-order valence-corrected chi connectivity index (χ4v) is 3.86. The average Bonchev–Trinajstić information content (AvgIpc) is 2.83. The van der Waals surface area contributed by atoms with Gasteiger partial charge in [0.1, 0.15) is 5.82 Å². The number of anilines is 1. The number of alkyl halides is 3. The van der Waals surface area contributed by atoms with E-state index < -0.39 is 11.7 Å². The van der Waals surface area contributed by atoms with E-state index in [0.717, 1.165) is 12.1 Å². The van der Waals surface area contributed by atoms with Crippen molar-refractivity contribution in [1.29, 1.82) is 0 Å². The van der Waals surface area contributed by atoms with Gasteiger partial charge in [0.2, 0.25) is 0 Å². The van der Waals surface area contributed by atoms with E-state index in [1.54, 1.807) is 28.1 Å². The maximum absolute atomic E-state index is 13.2. The second-order valence-electron chi connectivity index (χ2n) is 7.63. The Kier molecular flexibility index (Phi) is 6.31. The molecular formula is C22H23F3N4O3. The third kappa shape index (κ3) is 4.69. The summed E-state index contributed by atoms with van der Waals surface area (Å²) in [5.74, 6) is 0.131. The van der Waals surface area contributed by atoms with Gasteiger partial charge in [0.15, 0.2) is 0 Å². The molecule has 7 nitrogen and oxygen atoms in total. The van der Waals surface area contributed by atoms with Crippen LogP contribution in [-0.4, -0.2) is 79.1 Å². The SMILES string of the molecule is O=C(c1ccc(C(F)(F)F)cc1)N1CCN(C(=O)c2cccnc2N2CCOCC2)CC1. The first-order valence-corrected chi connectivity index (χ1v) is 10.4. The van der Waals surface area contributed by atoms with Crippen LogP contribution in [0.3, 0.4) is 0 Å². The molecule has 0 saturated carbocycles. The molecule has 2 aliphatic heterocycles. The number of nitrogens with zero attached hydrogens (tertiary/aromatic N) is 4. The number of pyridine rings is 1. The predicted octanol–water partition coefficient (Wildman–Crippen LogP) is 2.54. The van der Waals surface area contributed by atoms with Crippen molar-refractivity contribution >= 4 is 17.6 Å². The zero-order valence-electron chi connectivity index (χ0n) is 17.3. The van der Waals surface area contributed by atoms with E-state index in [1.807, 2.05) is 4.90 Å². The smallest absolute Gasteiger partial charge is 0.378 e. The Labute approximate surface area is 183 Å². The zero-order chi connectivity index (χ0) is 22.7. The van der Waals surface area contributed by atoms with E-state index in [1.165, 1.54) is 12.1 Å². The van der Waals surface area contributed by atoms with Crippen molar-refractivity contribution in [3.05, 3.63) is 59.3 Å². The summed E-state index contributed by atoms with van der Waals surface area (Å²) in [5.41, 5.74) is -0.0893. The summed E-state index contributed by atoms with van der Waals surface area (Å²) in [6.07, 6.45) is -2.79. The van der Waals surface area contributed by atoms with Crippen molar-refractivity contribution in [3.63, 3.8) is 0 Å². The van der Waals surface area contributed by atoms with E-state index in [9.17, 15) is 22.8 Å². The third-order valence-electron chi connectivity index (χ3n) is 5.64. The monoisotopic (exact) mass is 448 g/mol. The van der Waals surface area contributed by atoms with Crippen molar-refractivity contribution in [2.24, 2.45) is 0 Å². The second kappa shape index (κ2) is 9.15. The highest BCUT2D eigenvalue weighted by Gasteiger charge is 2.31. The van der Waals surface area contributed by atoms with Crippen LogP contribution in [0.2, 0.25) is 0 Å². The van der Waals surface area contributed by atoms with E-state index >= 15 is 0 Å². The van der Waals surface area contributed by atoms with Crippen LogP contribution >= 0.6 is 0 Å². The minimum Gasteiger partial charge on any atom is -0.378 e. The molecule has 2 amide bonds. The van der Waals surface area contributed by atoms with Gasteiger partial charge in [-0.3, -0.25) is 9.59 Å². The number of rotatable bonds is 3. The Hall–Kier alpha value is -3.14. The minimum atomic E-state index is -4.44. The molecule has 0 unspecified atom stereocenters. The molecule has 2 aliphatic rings. The number of amides is 2. The summed E-state index contributed by atoms with van der Waals surface area (Å²) < 4.78 is 43.6. The van der Waals surface area contributed by atoms with Crippen molar-refractivity contribution in [3.8, 4) is 0 Å². The van der Waals surface area contributed by atoms with Crippen LogP contribution in [0.5, 0.6) is 0 Å². The molecule has 2 saturated heterocycles. The first kappa shape index (κ1) is 22.1. The van der Waals surface area contributed by atoms with Crippen molar-refractivity contribution in [1.82, 2.24) is 14.8 Å². The quantitative estimate of drug-likeness (QED) is 0.722. The molecule has 3 heterocycles. The summed E-state index contributed by atoms with van der Waals surface area (Å²) in [5, 5.41) is 0. The lowest BCUT2D eigenvalue weighted by atomic mass is 10.1. The Morgan fingerprint density at radius 3 is 2.03 bits per heavy atom. The molecule has 2 aromatic rings. The van der Waals surface area contributed by atoms with Crippen LogP contribution in [0.15, 0.2) is 42.6 Å². The molecule has 32 heavy (non-hydrogen) atoms. The Morgan fingerprint density at radius 2 is 1.44 bits per heavy atom. The number of ether oxygens (including phenoxy) is 1. The van der Waals surface area contributed by atoms with Gasteiger partial charge in [-0.25, -0.2) is 4.98 Å². The van der Waals surface area contributed by atoms with Gasteiger partial charge < -0.3 is 19.4 Å². The van der Waals surface area contributed by atoms with Crippen LogP contribution in [0.25, 0.3) is 0 Å². The number of morpholine rings is 1. The first-order chi connectivity index (χ1) is 15.3. The van der Waals surface area contributed by atoms with Crippen molar-refractivity contribution < 1.29 is 27.5 Å². The molecule has 0 radical (unpaired) electrons. The van der Waals surface area contributed by atoms with E-state index in [4.69, 9.17) is 4.74 Å². The number of carbonyl (C=O) groups is 2. The highest BCUT2D eigenvalue weighted by Crippen LogP contribution is 2.29. The molecule has 0 spiro atoms. The van der Waals surface area contributed by atoms with E-state index in [0.29, 0.717) is 63.9 Å². The largest absolute Gasteiger partial charge is 0.416 e. The molecule has 1 aromatic carbocycles. The molecule has 2 fully saturated rings.